The standard InChI is InChI=1S/C23H31ClN4O6S2/c1-21(2,3)33-19(29)25-18-26-23(7,13-36(31,32)27(18)8)17-14(24)12-16(35-17)15-10-9-11-28(15)20(30)34-22(4,5)6/h9-12H,13H2,1-8H3,(H,25,26,29)/t23-/m0/s1. The minimum Gasteiger partial charge on any atom is -0.443 e. The van der Waals surface area contributed by atoms with Crippen molar-refractivity contribution in [2.24, 2.45) is 4.99 Å². The number of thiophene rings is 1. The van der Waals surface area contributed by atoms with E-state index in [0.717, 1.165) is 4.31 Å². The highest BCUT2D eigenvalue weighted by atomic mass is 35.5. The highest BCUT2D eigenvalue weighted by Gasteiger charge is 2.45. The largest absolute Gasteiger partial charge is 0.443 e. The number of rotatable bonds is 2. The number of nitrogens with one attached hydrogen (secondary N) is 1. The van der Waals surface area contributed by atoms with Crippen molar-refractivity contribution in [1.29, 1.82) is 0 Å². The number of amides is 1. The lowest BCUT2D eigenvalue weighted by atomic mass is 10.0. The highest BCUT2D eigenvalue weighted by molar-refractivity contribution is 7.89. The predicted molar refractivity (Wildman–Crippen MR) is 140 cm³/mol. The van der Waals surface area contributed by atoms with Crippen LogP contribution in [0.15, 0.2) is 29.4 Å². The van der Waals surface area contributed by atoms with Gasteiger partial charge < -0.3 is 14.8 Å². The van der Waals surface area contributed by atoms with Gasteiger partial charge in [0.05, 0.1) is 31.8 Å². The summed E-state index contributed by atoms with van der Waals surface area (Å²) in [5.74, 6) is -0.516. The van der Waals surface area contributed by atoms with Gasteiger partial charge in [-0.05, 0) is 66.7 Å². The van der Waals surface area contributed by atoms with Crippen LogP contribution in [0.3, 0.4) is 0 Å². The van der Waals surface area contributed by atoms with Crippen LogP contribution in [-0.4, -0.2) is 59.4 Å². The third-order valence-corrected chi connectivity index (χ3v) is 8.73. The Kier molecular flexibility index (Phi) is 7.30. The van der Waals surface area contributed by atoms with E-state index in [9.17, 15) is 18.0 Å². The number of hydrogen-bond acceptors (Lipinski definition) is 7. The van der Waals surface area contributed by atoms with E-state index in [4.69, 9.17) is 21.1 Å². The number of carbonyl (C=O) groups excluding carboxylic acids is 2. The lowest BCUT2D eigenvalue weighted by Gasteiger charge is -2.39. The monoisotopic (exact) mass is 558 g/mol. The van der Waals surface area contributed by atoms with Gasteiger partial charge in [-0.1, -0.05) is 11.6 Å². The fourth-order valence-electron chi connectivity index (χ4n) is 3.47. The normalized spacial score (nSPS) is 21.2. The van der Waals surface area contributed by atoms with Gasteiger partial charge in [-0.2, -0.15) is 0 Å². The molecule has 1 N–H and O–H groups in total. The molecule has 0 radical (unpaired) electrons. The van der Waals surface area contributed by atoms with Crippen molar-refractivity contribution in [2.45, 2.75) is 65.2 Å². The zero-order chi connectivity index (χ0) is 27.3. The van der Waals surface area contributed by atoms with Gasteiger partial charge in [-0.25, -0.2) is 22.3 Å². The van der Waals surface area contributed by atoms with Crippen LogP contribution in [-0.2, 0) is 25.0 Å². The molecule has 1 aliphatic rings. The summed E-state index contributed by atoms with van der Waals surface area (Å²) in [5, 5.41) is 3.36. The Hall–Kier alpha value is -2.57. The van der Waals surface area contributed by atoms with Gasteiger partial charge >= 0.3 is 12.2 Å². The van der Waals surface area contributed by atoms with Crippen molar-refractivity contribution >= 4 is 51.1 Å². The van der Waals surface area contributed by atoms with E-state index in [2.05, 4.69) is 10.3 Å². The van der Waals surface area contributed by atoms with Crippen molar-refractivity contribution in [3.8, 4) is 10.6 Å². The van der Waals surface area contributed by atoms with Crippen LogP contribution in [0, 0.1) is 0 Å². The molecule has 10 nitrogen and oxygen atoms in total. The zero-order valence-electron chi connectivity index (χ0n) is 21.5. The van der Waals surface area contributed by atoms with Crippen molar-refractivity contribution in [1.82, 2.24) is 14.2 Å². The summed E-state index contributed by atoms with van der Waals surface area (Å²) < 4.78 is 39.0. The van der Waals surface area contributed by atoms with Gasteiger partial charge in [0.2, 0.25) is 16.0 Å². The van der Waals surface area contributed by atoms with Crippen LogP contribution in [0.2, 0.25) is 5.02 Å². The summed E-state index contributed by atoms with van der Waals surface area (Å²) >= 11 is 7.83. The Labute approximate surface area is 220 Å². The first-order valence-corrected chi connectivity index (χ1v) is 13.9. The average Bonchev–Trinajstić information content (AvgIpc) is 3.29. The zero-order valence-corrected chi connectivity index (χ0v) is 23.9. The number of aliphatic imine (C=N–C) groups is 1. The van der Waals surface area contributed by atoms with Crippen LogP contribution in [0.4, 0.5) is 9.59 Å². The van der Waals surface area contributed by atoms with Crippen LogP contribution < -0.4 is 5.32 Å². The summed E-state index contributed by atoms with van der Waals surface area (Å²) in [6.07, 6.45) is 0.110. The second-order valence-corrected chi connectivity index (χ2v) is 14.1. The van der Waals surface area contributed by atoms with E-state index in [1.54, 1.807) is 72.9 Å². The first-order chi connectivity index (χ1) is 16.3. The molecule has 1 atom stereocenters. The maximum absolute atomic E-state index is 13.0. The number of halogens is 1. The molecule has 0 spiro atoms. The van der Waals surface area contributed by atoms with E-state index in [1.807, 2.05) is 0 Å². The Morgan fingerprint density at radius 3 is 2.36 bits per heavy atom. The Morgan fingerprint density at radius 2 is 1.78 bits per heavy atom. The van der Waals surface area contributed by atoms with E-state index < -0.39 is 39.0 Å². The molecule has 0 unspecified atom stereocenters. The second-order valence-electron chi connectivity index (χ2n) is 10.6. The summed E-state index contributed by atoms with van der Waals surface area (Å²) in [5.41, 5.74) is -2.15. The molecule has 0 aromatic carbocycles. The molecule has 198 valence electrons. The maximum Gasteiger partial charge on any atom is 0.437 e. The van der Waals surface area contributed by atoms with Crippen molar-refractivity contribution in [3.05, 3.63) is 34.3 Å². The van der Waals surface area contributed by atoms with Gasteiger partial charge in [0.15, 0.2) is 0 Å². The van der Waals surface area contributed by atoms with Crippen LogP contribution in [0.1, 0.15) is 53.3 Å². The third kappa shape index (κ3) is 6.22. The number of carbonyl (C=O) groups is 2. The summed E-state index contributed by atoms with van der Waals surface area (Å²) in [6.45, 7) is 12.0. The average molecular weight is 559 g/mol. The minimum atomic E-state index is -3.86. The fraction of sp³-hybridized carbons (Fsp3) is 0.522. The number of guanidine groups is 1. The van der Waals surface area contributed by atoms with Crippen molar-refractivity contribution < 1.29 is 27.5 Å². The van der Waals surface area contributed by atoms with Crippen LogP contribution in [0.5, 0.6) is 0 Å². The molecule has 0 aliphatic carbocycles. The van der Waals surface area contributed by atoms with Crippen molar-refractivity contribution in [2.75, 3.05) is 12.8 Å². The predicted octanol–water partition coefficient (Wildman–Crippen LogP) is 5.02. The molecule has 3 rings (SSSR count). The third-order valence-electron chi connectivity index (χ3n) is 4.94. The molecular formula is C23H31ClN4O6S2. The topological polar surface area (TPSA) is 119 Å². The number of sulfonamides is 1. The maximum atomic E-state index is 13.0. The number of hydrogen-bond donors (Lipinski definition) is 1. The smallest absolute Gasteiger partial charge is 0.437 e. The summed E-state index contributed by atoms with van der Waals surface area (Å²) in [4.78, 5) is 30.0. The molecule has 1 amide bonds. The lowest BCUT2D eigenvalue weighted by Crippen LogP contribution is -2.61. The molecule has 1 saturated heterocycles. The fourth-order valence-corrected chi connectivity index (χ4v) is 6.72. The Bertz CT molecular complexity index is 1320. The first-order valence-electron chi connectivity index (χ1n) is 11.1. The van der Waals surface area contributed by atoms with Gasteiger partial charge in [-0.3, -0.25) is 4.57 Å². The van der Waals surface area contributed by atoms with E-state index in [0.29, 0.717) is 20.5 Å². The van der Waals surface area contributed by atoms with Crippen molar-refractivity contribution in [3.63, 3.8) is 0 Å². The minimum absolute atomic E-state index is 0.179. The van der Waals surface area contributed by atoms with Gasteiger partial charge in [0.1, 0.15) is 11.2 Å². The van der Waals surface area contributed by atoms with E-state index in [1.165, 1.54) is 23.0 Å². The van der Waals surface area contributed by atoms with E-state index in [-0.39, 0.29) is 11.7 Å². The van der Waals surface area contributed by atoms with Gasteiger partial charge in [-0.15, -0.1) is 16.3 Å². The molecule has 36 heavy (non-hydrogen) atoms. The molecule has 13 heteroatoms. The molecule has 3 heterocycles. The second kappa shape index (κ2) is 9.38. The number of aromatic nitrogens is 1. The number of ether oxygens (including phenoxy) is 2. The quantitative estimate of drug-likeness (QED) is 0.549. The number of nitrogens with zero attached hydrogens (tertiary/aromatic N) is 3. The van der Waals surface area contributed by atoms with Gasteiger partial charge in [0, 0.05) is 13.2 Å². The Balaban J connectivity index is 2.00. The van der Waals surface area contributed by atoms with Gasteiger partial charge in [0.25, 0.3) is 0 Å². The molecule has 1 aliphatic heterocycles. The van der Waals surface area contributed by atoms with Crippen LogP contribution >= 0.6 is 22.9 Å². The molecule has 2 aromatic heterocycles. The summed E-state index contributed by atoms with van der Waals surface area (Å²) in [7, 11) is -2.55. The van der Waals surface area contributed by atoms with E-state index >= 15 is 0 Å². The SMILES string of the molecule is CN1/C(=N/C(=O)OC(C)(C)C)N[C@](C)(c2sc(-c3cccn3C(=O)OC(C)(C)C)cc2Cl)CS1(=O)=O. The van der Waals surface area contributed by atoms with Crippen LogP contribution in [0.25, 0.3) is 10.6 Å². The molecule has 2 aromatic rings. The first kappa shape index (κ1) is 28.0. The Morgan fingerprint density at radius 1 is 1.17 bits per heavy atom. The molecule has 0 bridgehead atoms. The molecule has 0 saturated carbocycles. The summed E-state index contributed by atoms with van der Waals surface area (Å²) in [6, 6.07) is 5.12. The molecule has 1 fully saturated rings. The molecular weight excluding hydrogens is 528 g/mol. The highest BCUT2D eigenvalue weighted by Crippen LogP contribution is 2.42. The lowest BCUT2D eigenvalue weighted by molar-refractivity contribution is 0.0538.